The Kier molecular flexibility index (Phi) is 3.13. The van der Waals surface area contributed by atoms with Gasteiger partial charge in [-0.15, -0.1) is 11.8 Å². The number of aromatic nitrogens is 1. The molecule has 1 aromatic heterocycles. The second-order valence-corrected chi connectivity index (χ2v) is 7.07. The van der Waals surface area contributed by atoms with Gasteiger partial charge in [-0.05, 0) is 24.6 Å². The van der Waals surface area contributed by atoms with Crippen molar-refractivity contribution in [1.82, 2.24) is 4.98 Å². The van der Waals surface area contributed by atoms with Crippen LogP contribution in [0.3, 0.4) is 0 Å². The van der Waals surface area contributed by atoms with E-state index in [1.54, 1.807) is 6.07 Å². The van der Waals surface area contributed by atoms with E-state index in [0.717, 1.165) is 17.3 Å². The van der Waals surface area contributed by atoms with E-state index in [1.807, 2.05) is 23.9 Å². The SMILES string of the molecule is CCc1[nH]c2ccc(O)cc2c1SC(C)(C)C. The first-order valence-electron chi connectivity index (χ1n) is 5.93. The normalized spacial score (nSPS) is 12.2. The number of benzene rings is 1. The van der Waals surface area contributed by atoms with Gasteiger partial charge in [0, 0.05) is 26.2 Å². The van der Waals surface area contributed by atoms with Crippen molar-refractivity contribution in [2.45, 2.75) is 43.8 Å². The number of aryl methyl sites for hydroxylation is 1. The van der Waals surface area contributed by atoms with Gasteiger partial charge in [0.2, 0.25) is 0 Å². The summed E-state index contributed by atoms with van der Waals surface area (Å²) in [5.41, 5.74) is 2.36. The maximum Gasteiger partial charge on any atom is 0.116 e. The van der Waals surface area contributed by atoms with Gasteiger partial charge in [-0.25, -0.2) is 0 Å². The summed E-state index contributed by atoms with van der Waals surface area (Å²) in [4.78, 5) is 4.70. The van der Waals surface area contributed by atoms with Crippen molar-refractivity contribution in [3.05, 3.63) is 23.9 Å². The van der Waals surface area contributed by atoms with Gasteiger partial charge in [0.15, 0.2) is 0 Å². The highest BCUT2D eigenvalue weighted by Gasteiger charge is 2.18. The summed E-state index contributed by atoms with van der Waals surface area (Å²) in [6.45, 7) is 8.77. The van der Waals surface area contributed by atoms with Crippen molar-refractivity contribution in [1.29, 1.82) is 0 Å². The first kappa shape index (κ1) is 12.4. The third-order valence-corrected chi connectivity index (χ3v) is 3.85. The number of rotatable bonds is 2. The average Bonchev–Trinajstić information content (AvgIpc) is 2.54. The average molecular weight is 249 g/mol. The fourth-order valence-electron chi connectivity index (χ4n) is 1.88. The molecule has 1 aromatic carbocycles. The third kappa shape index (κ3) is 2.60. The van der Waals surface area contributed by atoms with Gasteiger partial charge in [0.1, 0.15) is 5.75 Å². The fourth-order valence-corrected chi connectivity index (χ4v) is 3.09. The summed E-state index contributed by atoms with van der Waals surface area (Å²) < 4.78 is 0.171. The Morgan fingerprint density at radius 2 is 2.00 bits per heavy atom. The van der Waals surface area contributed by atoms with Crippen LogP contribution in [0.25, 0.3) is 10.9 Å². The number of phenolic OH excluding ortho intramolecular Hbond substituents is 1. The van der Waals surface area contributed by atoms with Gasteiger partial charge in [0.05, 0.1) is 0 Å². The Balaban J connectivity index is 2.60. The van der Waals surface area contributed by atoms with E-state index in [0.29, 0.717) is 5.75 Å². The van der Waals surface area contributed by atoms with E-state index in [-0.39, 0.29) is 4.75 Å². The van der Waals surface area contributed by atoms with E-state index in [2.05, 4.69) is 32.7 Å². The van der Waals surface area contributed by atoms with Crippen LogP contribution < -0.4 is 0 Å². The predicted octanol–water partition coefficient (Wildman–Crippen LogP) is 4.33. The van der Waals surface area contributed by atoms with Gasteiger partial charge in [-0.1, -0.05) is 27.7 Å². The Morgan fingerprint density at radius 3 is 2.59 bits per heavy atom. The molecule has 3 heteroatoms. The lowest BCUT2D eigenvalue weighted by Crippen LogP contribution is -2.07. The molecule has 0 saturated carbocycles. The number of thioether (sulfide) groups is 1. The molecule has 0 radical (unpaired) electrons. The Hall–Kier alpha value is -1.09. The Labute approximate surface area is 106 Å². The summed E-state index contributed by atoms with van der Waals surface area (Å²) in [5, 5.41) is 10.7. The fraction of sp³-hybridized carbons (Fsp3) is 0.429. The summed E-state index contributed by atoms with van der Waals surface area (Å²) in [6, 6.07) is 5.51. The van der Waals surface area contributed by atoms with E-state index < -0.39 is 0 Å². The van der Waals surface area contributed by atoms with Gasteiger partial charge >= 0.3 is 0 Å². The second-order valence-electron chi connectivity index (χ2n) is 5.23. The minimum atomic E-state index is 0.171. The van der Waals surface area contributed by atoms with Crippen molar-refractivity contribution in [2.75, 3.05) is 0 Å². The number of fused-ring (bicyclic) bond motifs is 1. The van der Waals surface area contributed by atoms with Crippen molar-refractivity contribution >= 4 is 22.7 Å². The zero-order valence-corrected chi connectivity index (χ0v) is 11.6. The lowest BCUT2D eigenvalue weighted by molar-refractivity contribution is 0.476. The van der Waals surface area contributed by atoms with E-state index in [1.165, 1.54) is 10.6 Å². The van der Waals surface area contributed by atoms with Crippen LogP contribution in [0, 0.1) is 0 Å². The van der Waals surface area contributed by atoms with Crippen LogP contribution >= 0.6 is 11.8 Å². The van der Waals surface area contributed by atoms with Gasteiger partial charge in [-0.2, -0.15) is 0 Å². The summed E-state index contributed by atoms with van der Waals surface area (Å²) in [7, 11) is 0. The topological polar surface area (TPSA) is 36.0 Å². The molecular weight excluding hydrogens is 230 g/mol. The van der Waals surface area contributed by atoms with Crippen LogP contribution in [0.2, 0.25) is 0 Å². The molecule has 2 aromatic rings. The Bertz CT molecular complexity index is 537. The monoisotopic (exact) mass is 249 g/mol. The van der Waals surface area contributed by atoms with Crippen LogP contribution in [-0.2, 0) is 6.42 Å². The Morgan fingerprint density at radius 1 is 1.29 bits per heavy atom. The van der Waals surface area contributed by atoms with E-state index in [9.17, 15) is 5.11 Å². The number of nitrogens with one attached hydrogen (secondary N) is 1. The molecule has 0 fully saturated rings. The van der Waals surface area contributed by atoms with Crippen LogP contribution in [0.1, 0.15) is 33.4 Å². The van der Waals surface area contributed by atoms with Crippen molar-refractivity contribution < 1.29 is 5.11 Å². The molecule has 0 atom stereocenters. The maximum atomic E-state index is 9.61. The zero-order chi connectivity index (χ0) is 12.6. The summed E-state index contributed by atoms with van der Waals surface area (Å²) >= 11 is 1.85. The number of H-pyrrole nitrogens is 1. The molecule has 0 aliphatic rings. The number of hydrogen-bond acceptors (Lipinski definition) is 2. The summed E-state index contributed by atoms with van der Waals surface area (Å²) in [6.07, 6.45) is 0.980. The molecule has 0 aliphatic heterocycles. The molecule has 2 N–H and O–H groups in total. The minimum absolute atomic E-state index is 0.171. The minimum Gasteiger partial charge on any atom is -0.508 e. The summed E-state index contributed by atoms with van der Waals surface area (Å²) in [5.74, 6) is 0.329. The molecule has 92 valence electrons. The highest BCUT2D eigenvalue weighted by Crippen LogP contribution is 2.40. The van der Waals surface area contributed by atoms with Crippen molar-refractivity contribution in [2.24, 2.45) is 0 Å². The first-order chi connectivity index (χ1) is 7.90. The van der Waals surface area contributed by atoms with Gasteiger partial charge in [0.25, 0.3) is 0 Å². The van der Waals surface area contributed by atoms with Crippen LogP contribution in [0.5, 0.6) is 5.75 Å². The highest BCUT2D eigenvalue weighted by molar-refractivity contribution is 8.00. The second kappa shape index (κ2) is 4.30. The molecule has 17 heavy (non-hydrogen) atoms. The molecular formula is C14H19NOS. The molecule has 0 saturated heterocycles. The highest BCUT2D eigenvalue weighted by atomic mass is 32.2. The smallest absolute Gasteiger partial charge is 0.116 e. The van der Waals surface area contributed by atoms with Gasteiger partial charge < -0.3 is 10.1 Å². The molecule has 1 heterocycles. The van der Waals surface area contributed by atoms with Crippen LogP contribution in [0.15, 0.2) is 23.1 Å². The molecule has 0 spiro atoms. The van der Waals surface area contributed by atoms with Gasteiger partial charge in [-0.3, -0.25) is 0 Å². The molecule has 0 unspecified atom stereocenters. The number of aromatic amines is 1. The molecule has 0 bridgehead atoms. The number of hydrogen-bond donors (Lipinski definition) is 2. The number of aromatic hydroxyl groups is 1. The molecule has 0 amide bonds. The lowest BCUT2D eigenvalue weighted by Gasteiger charge is -2.18. The standard InChI is InChI=1S/C14H19NOS/c1-5-11-13(17-14(2,3)4)10-8-9(16)6-7-12(10)15-11/h6-8,15-16H,5H2,1-4H3. The molecule has 2 nitrogen and oxygen atoms in total. The lowest BCUT2D eigenvalue weighted by atomic mass is 10.2. The van der Waals surface area contributed by atoms with E-state index in [4.69, 9.17) is 0 Å². The predicted molar refractivity (Wildman–Crippen MR) is 75.0 cm³/mol. The van der Waals surface area contributed by atoms with Crippen LogP contribution in [0.4, 0.5) is 0 Å². The zero-order valence-electron chi connectivity index (χ0n) is 10.8. The quantitative estimate of drug-likeness (QED) is 0.777. The van der Waals surface area contributed by atoms with Crippen LogP contribution in [-0.4, -0.2) is 14.8 Å². The number of phenols is 1. The van der Waals surface area contributed by atoms with Crippen molar-refractivity contribution in [3.8, 4) is 5.75 Å². The van der Waals surface area contributed by atoms with E-state index >= 15 is 0 Å². The molecule has 0 aliphatic carbocycles. The third-order valence-electron chi connectivity index (χ3n) is 2.57. The first-order valence-corrected chi connectivity index (χ1v) is 6.75. The van der Waals surface area contributed by atoms with Crippen molar-refractivity contribution in [3.63, 3.8) is 0 Å². The largest absolute Gasteiger partial charge is 0.508 e. The molecule has 2 rings (SSSR count). The maximum absolute atomic E-state index is 9.61.